The molecule has 0 saturated heterocycles. The number of nitrogens with zero attached hydrogens (tertiary/aromatic N) is 2. The first-order chi connectivity index (χ1) is 9.97. The summed E-state index contributed by atoms with van der Waals surface area (Å²) < 4.78 is 0. The first-order valence-corrected chi connectivity index (χ1v) is 6.38. The number of hydrogen-bond donors (Lipinski definition) is 3. The zero-order chi connectivity index (χ0) is 15.8. The number of carboxylic acids is 2. The van der Waals surface area contributed by atoms with Crippen LogP contribution in [0.3, 0.4) is 0 Å². The van der Waals surface area contributed by atoms with E-state index in [1.807, 2.05) is 4.90 Å². The highest BCUT2D eigenvalue weighted by Gasteiger charge is 2.13. The summed E-state index contributed by atoms with van der Waals surface area (Å²) >= 11 is 0. The zero-order valence-electron chi connectivity index (χ0n) is 11.7. The highest BCUT2D eigenvalue weighted by atomic mass is 16.4. The van der Waals surface area contributed by atoms with E-state index >= 15 is 0 Å². The molecular formula is C14H18N2O5. The van der Waals surface area contributed by atoms with Crippen LogP contribution in [0.25, 0.3) is 0 Å². The molecule has 0 fully saturated rings. The Morgan fingerprint density at radius 2 is 1.81 bits per heavy atom. The second-order valence-electron chi connectivity index (χ2n) is 4.37. The van der Waals surface area contributed by atoms with Gasteiger partial charge >= 0.3 is 11.9 Å². The van der Waals surface area contributed by atoms with Crippen molar-refractivity contribution in [3.05, 3.63) is 34.9 Å². The lowest BCUT2D eigenvalue weighted by atomic mass is 10.0. The van der Waals surface area contributed by atoms with Crippen molar-refractivity contribution in [1.82, 2.24) is 4.90 Å². The minimum Gasteiger partial charge on any atom is -0.478 e. The fraction of sp³-hybridized carbons (Fsp3) is 0.357. The molecule has 0 atom stereocenters. The fourth-order valence-corrected chi connectivity index (χ4v) is 1.81. The van der Waals surface area contributed by atoms with Gasteiger partial charge in [-0.3, -0.25) is 4.99 Å². The molecule has 0 aromatic heterocycles. The minimum absolute atomic E-state index is 0.0277. The normalized spacial score (nSPS) is 12.8. The average molecular weight is 294 g/mol. The number of carbonyl (C=O) groups is 2. The van der Waals surface area contributed by atoms with Crippen molar-refractivity contribution < 1.29 is 24.9 Å². The highest BCUT2D eigenvalue weighted by molar-refractivity contribution is 5.96. The third kappa shape index (κ3) is 4.88. The first kappa shape index (κ1) is 16.6. The smallest absolute Gasteiger partial charge is 0.335 e. The molecule has 0 amide bonds. The summed E-state index contributed by atoms with van der Waals surface area (Å²) in [6, 6.07) is 4.17. The lowest BCUT2D eigenvalue weighted by Gasteiger charge is -2.09. The van der Waals surface area contributed by atoms with E-state index in [9.17, 15) is 9.59 Å². The molecule has 1 aliphatic rings. The number of carboxylic acid groups (broad SMARTS) is 2. The molecule has 0 radical (unpaired) electrons. The molecule has 7 nitrogen and oxygen atoms in total. The Balaban J connectivity index is 0.000000235. The van der Waals surface area contributed by atoms with Crippen molar-refractivity contribution >= 4 is 18.3 Å². The topological polar surface area (TPSA) is 110 Å². The molecule has 0 spiro atoms. The van der Waals surface area contributed by atoms with Crippen LogP contribution >= 0.6 is 0 Å². The van der Waals surface area contributed by atoms with Gasteiger partial charge in [-0.2, -0.15) is 0 Å². The van der Waals surface area contributed by atoms with Gasteiger partial charge in [0.05, 0.1) is 30.6 Å². The quantitative estimate of drug-likeness (QED) is 0.754. The molecule has 114 valence electrons. The molecule has 2 rings (SSSR count). The van der Waals surface area contributed by atoms with Crippen molar-refractivity contribution in [3.63, 3.8) is 0 Å². The van der Waals surface area contributed by atoms with Crippen LogP contribution in [0.15, 0.2) is 23.2 Å². The van der Waals surface area contributed by atoms with Crippen LogP contribution in [0.1, 0.15) is 26.3 Å². The molecule has 1 aromatic rings. The molecule has 0 aliphatic carbocycles. The predicted octanol–water partition coefficient (Wildman–Crippen LogP) is 0.714. The number of aliphatic hydroxyl groups excluding tert-OH is 1. The van der Waals surface area contributed by atoms with Gasteiger partial charge in [-0.25, -0.2) is 9.59 Å². The van der Waals surface area contributed by atoms with E-state index in [2.05, 4.69) is 4.99 Å². The Bertz CT molecular complexity index is 510. The monoisotopic (exact) mass is 294 g/mol. The molecule has 0 unspecified atom stereocenters. The zero-order valence-corrected chi connectivity index (χ0v) is 11.7. The lowest BCUT2D eigenvalue weighted by molar-refractivity contribution is 0.0696. The molecule has 7 heteroatoms. The Labute approximate surface area is 122 Å². The van der Waals surface area contributed by atoms with Gasteiger partial charge in [0.15, 0.2) is 0 Å². The van der Waals surface area contributed by atoms with Gasteiger partial charge in [-0.15, -0.1) is 0 Å². The third-order valence-electron chi connectivity index (χ3n) is 2.94. The van der Waals surface area contributed by atoms with Crippen LogP contribution in [0.5, 0.6) is 0 Å². The number of aliphatic imine (C=N–C) groups is 1. The Hall–Kier alpha value is -2.41. The summed E-state index contributed by atoms with van der Waals surface area (Å²) in [6.45, 7) is 4.29. The van der Waals surface area contributed by atoms with Crippen molar-refractivity contribution in [2.45, 2.75) is 6.92 Å². The number of benzene rings is 1. The molecule has 3 N–H and O–H groups in total. The van der Waals surface area contributed by atoms with E-state index in [4.69, 9.17) is 15.3 Å². The summed E-state index contributed by atoms with van der Waals surface area (Å²) in [6.07, 6.45) is 1.79. The maximum absolute atomic E-state index is 10.6. The summed E-state index contributed by atoms with van der Waals surface area (Å²) in [5.41, 5.74) is 0.335. The summed E-state index contributed by atoms with van der Waals surface area (Å²) in [7, 11) is 0. The molecule has 1 aromatic carbocycles. The second kappa shape index (κ2) is 8.01. The van der Waals surface area contributed by atoms with Crippen LogP contribution in [0.2, 0.25) is 0 Å². The van der Waals surface area contributed by atoms with Crippen LogP contribution in [0, 0.1) is 6.92 Å². The first-order valence-electron chi connectivity index (χ1n) is 6.38. The van der Waals surface area contributed by atoms with Crippen molar-refractivity contribution in [1.29, 1.82) is 0 Å². The molecule has 0 bridgehead atoms. The van der Waals surface area contributed by atoms with Gasteiger partial charge in [-0.1, -0.05) is 6.07 Å². The van der Waals surface area contributed by atoms with Gasteiger partial charge < -0.3 is 20.2 Å². The maximum atomic E-state index is 10.6. The standard InChI is InChI=1S/C9H8O4.C5H10N2O/c1-5-6(8(10)11)3-2-4-7(5)9(12)13;8-4-3-7-2-1-6-5-7/h2-4H,1H3,(H,10,11)(H,12,13);5,8H,1-4H2. The molecule has 21 heavy (non-hydrogen) atoms. The maximum Gasteiger partial charge on any atom is 0.335 e. The van der Waals surface area contributed by atoms with Gasteiger partial charge in [-0.05, 0) is 24.6 Å². The van der Waals surface area contributed by atoms with E-state index in [1.165, 1.54) is 25.1 Å². The second-order valence-corrected chi connectivity index (χ2v) is 4.37. The van der Waals surface area contributed by atoms with E-state index in [0.29, 0.717) is 0 Å². The van der Waals surface area contributed by atoms with E-state index in [0.717, 1.165) is 19.6 Å². The molecular weight excluding hydrogens is 276 g/mol. The molecule has 0 saturated carbocycles. The third-order valence-corrected chi connectivity index (χ3v) is 2.94. The number of aliphatic hydroxyl groups is 1. The minimum atomic E-state index is -1.11. The average Bonchev–Trinajstić information content (AvgIpc) is 2.92. The Morgan fingerprint density at radius 1 is 1.24 bits per heavy atom. The van der Waals surface area contributed by atoms with E-state index in [-0.39, 0.29) is 23.3 Å². The summed E-state index contributed by atoms with van der Waals surface area (Å²) in [4.78, 5) is 27.2. The van der Waals surface area contributed by atoms with E-state index < -0.39 is 11.9 Å². The van der Waals surface area contributed by atoms with Crippen LogP contribution in [0.4, 0.5) is 0 Å². The summed E-state index contributed by atoms with van der Waals surface area (Å²) in [5, 5.41) is 25.8. The van der Waals surface area contributed by atoms with E-state index in [1.54, 1.807) is 6.34 Å². The lowest BCUT2D eigenvalue weighted by Crippen LogP contribution is -2.22. The van der Waals surface area contributed by atoms with Crippen LogP contribution < -0.4 is 0 Å². The van der Waals surface area contributed by atoms with Crippen molar-refractivity contribution in [2.24, 2.45) is 4.99 Å². The summed E-state index contributed by atoms with van der Waals surface area (Å²) in [5.74, 6) is -2.22. The Morgan fingerprint density at radius 3 is 2.19 bits per heavy atom. The largest absolute Gasteiger partial charge is 0.478 e. The van der Waals surface area contributed by atoms with Gasteiger partial charge in [0.2, 0.25) is 0 Å². The Kier molecular flexibility index (Phi) is 6.35. The van der Waals surface area contributed by atoms with Crippen LogP contribution in [-0.4, -0.2) is 64.7 Å². The number of hydrogen-bond acceptors (Lipinski definition) is 5. The van der Waals surface area contributed by atoms with Gasteiger partial charge in [0.25, 0.3) is 0 Å². The van der Waals surface area contributed by atoms with Crippen molar-refractivity contribution in [3.8, 4) is 0 Å². The SMILES string of the molecule is Cc1c(C(=O)O)cccc1C(=O)O.OCCN1C=NCC1. The molecule has 1 aliphatic heterocycles. The number of rotatable bonds is 4. The highest BCUT2D eigenvalue weighted by Crippen LogP contribution is 2.13. The number of aromatic carboxylic acids is 2. The number of β-amino-alcohol motifs (C(OH)–C–C–N with tert-alkyl or cyclic N) is 1. The van der Waals surface area contributed by atoms with Crippen molar-refractivity contribution in [2.75, 3.05) is 26.2 Å². The van der Waals surface area contributed by atoms with Gasteiger partial charge in [0, 0.05) is 13.1 Å². The fourth-order valence-electron chi connectivity index (χ4n) is 1.81. The predicted molar refractivity (Wildman–Crippen MR) is 77.1 cm³/mol. The molecule has 1 heterocycles. The van der Waals surface area contributed by atoms with Crippen LogP contribution in [-0.2, 0) is 0 Å². The van der Waals surface area contributed by atoms with Gasteiger partial charge in [0.1, 0.15) is 0 Å².